The highest BCUT2D eigenvalue weighted by molar-refractivity contribution is 5.84. The van der Waals surface area contributed by atoms with Gasteiger partial charge in [0.1, 0.15) is 22.7 Å². The summed E-state index contributed by atoms with van der Waals surface area (Å²) in [6.45, 7) is 8.60. The summed E-state index contributed by atoms with van der Waals surface area (Å²) in [4.78, 5) is 21.0. The maximum absolute atomic E-state index is 12.2. The molecule has 0 bridgehead atoms. The summed E-state index contributed by atoms with van der Waals surface area (Å²) >= 11 is 0. The van der Waals surface area contributed by atoms with Crippen molar-refractivity contribution in [2.75, 3.05) is 13.2 Å². The number of fused-ring (bicyclic) bond motifs is 1. The minimum atomic E-state index is -0.225. The fraction of sp³-hybridized carbons (Fsp3) is 0.381. The Bertz CT molecular complexity index is 964. The van der Waals surface area contributed by atoms with Crippen molar-refractivity contribution in [1.29, 1.82) is 0 Å². The molecule has 3 aromatic rings. The number of aryl methyl sites for hydroxylation is 3. The smallest absolute Gasteiger partial charge is 0.258 e. The standard InChI is InChI=1S/C21H25N3O4/c1-5-17-23-20(19-13(3)14(4)28-21(19)24-17)27-12-18(25)22-11-15-7-9-16(10-8-15)26-6-2/h7-10H,5-6,11-12H2,1-4H3,(H,22,25). The van der Waals surface area contributed by atoms with E-state index in [9.17, 15) is 4.79 Å². The molecule has 2 aromatic heterocycles. The van der Waals surface area contributed by atoms with Gasteiger partial charge in [-0.2, -0.15) is 9.97 Å². The number of rotatable bonds is 8. The van der Waals surface area contributed by atoms with E-state index in [0.29, 0.717) is 42.4 Å². The number of benzene rings is 1. The van der Waals surface area contributed by atoms with Crippen molar-refractivity contribution >= 4 is 17.0 Å². The third kappa shape index (κ3) is 4.42. The lowest BCUT2D eigenvalue weighted by molar-refractivity contribution is -0.123. The first-order valence-corrected chi connectivity index (χ1v) is 9.39. The highest BCUT2D eigenvalue weighted by Gasteiger charge is 2.17. The van der Waals surface area contributed by atoms with Crippen molar-refractivity contribution in [3.8, 4) is 11.6 Å². The molecule has 0 radical (unpaired) electrons. The lowest BCUT2D eigenvalue weighted by atomic mass is 10.2. The topological polar surface area (TPSA) is 86.5 Å². The molecule has 0 aliphatic heterocycles. The normalized spacial score (nSPS) is 10.9. The van der Waals surface area contributed by atoms with Crippen molar-refractivity contribution in [3.63, 3.8) is 0 Å². The number of carbonyl (C=O) groups is 1. The summed E-state index contributed by atoms with van der Waals surface area (Å²) in [5.41, 5.74) is 2.39. The largest absolute Gasteiger partial charge is 0.494 e. The zero-order valence-corrected chi connectivity index (χ0v) is 16.7. The summed E-state index contributed by atoms with van der Waals surface area (Å²) < 4.78 is 16.8. The quantitative estimate of drug-likeness (QED) is 0.641. The number of nitrogens with one attached hydrogen (secondary N) is 1. The van der Waals surface area contributed by atoms with Crippen molar-refractivity contribution in [2.45, 2.75) is 40.7 Å². The molecular weight excluding hydrogens is 358 g/mol. The second-order valence-electron chi connectivity index (χ2n) is 6.40. The van der Waals surface area contributed by atoms with Crippen LogP contribution in [-0.4, -0.2) is 29.1 Å². The van der Waals surface area contributed by atoms with Gasteiger partial charge < -0.3 is 19.2 Å². The van der Waals surface area contributed by atoms with Crippen molar-refractivity contribution in [1.82, 2.24) is 15.3 Å². The van der Waals surface area contributed by atoms with Gasteiger partial charge in [0.2, 0.25) is 11.6 Å². The molecule has 0 atom stereocenters. The number of nitrogens with zero attached hydrogens (tertiary/aromatic N) is 2. The summed E-state index contributed by atoms with van der Waals surface area (Å²) in [6.07, 6.45) is 0.648. The molecule has 28 heavy (non-hydrogen) atoms. The zero-order valence-electron chi connectivity index (χ0n) is 16.7. The Balaban J connectivity index is 1.62. The Kier molecular flexibility index (Phi) is 6.13. The molecule has 3 rings (SSSR count). The summed E-state index contributed by atoms with van der Waals surface area (Å²) in [5.74, 6) is 2.35. The predicted molar refractivity (Wildman–Crippen MR) is 106 cm³/mol. The lowest BCUT2D eigenvalue weighted by Crippen LogP contribution is -2.28. The van der Waals surface area contributed by atoms with E-state index in [1.165, 1.54) is 0 Å². The minimum Gasteiger partial charge on any atom is -0.494 e. The van der Waals surface area contributed by atoms with Gasteiger partial charge >= 0.3 is 0 Å². The number of furan rings is 1. The molecule has 0 saturated carbocycles. The zero-order chi connectivity index (χ0) is 20.1. The third-order valence-electron chi connectivity index (χ3n) is 4.42. The molecule has 148 valence electrons. The van der Waals surface area contributed by atoms with E-state index in [1.54, 1.807) is 0 Å². The van der Waals surface area contributed by atoms with Crippen molar-refractivity contribution in [3.05, 3.63) is 47.0 Å². The van der Waals surface area contributed by atoms with Gasteiger partial charge in [0.05, 0.1) is 6.61 Å². The Morgan fingerprint density at radius 2 is 1.86 bits per heavy atom. The van der Waals surface area contributed by atoms with E-state index in [4.69, 9.17) is 13.9 Å². The number of hydrogen-bond acceptors (Lipinski definition) is 6. The monoisotopic (exact) mass is 383 g/mol. The minimum absolute atomic E-state index is 0.129. The lowest BCUT2D eigenvalue weighted by Gasteiger charge is -2.09. The average Bonchev–Trinajstić information content (AvgIpc) is 2.99. The van der Waals surface area contributed by atoms with Crippen LogP contribution in [0.25, 0.3) is 11.1 Å². The van der Waals surface area contributed by atoms with Crippen LogP contribution in [0.2, 0.25) is 0 Å². The molecule has 7 nitrogen and oxygen atoms in total. The van der Waals surface area contributed by atoms with Crippen molar-refractivity contribution < 1.29 is 18.7 Å². The fourth-order valence-corrected chi connectivity index (χ4v) is 2.77. The van der Waals surface area contributed by atoms with Crippen LogP contribution < -0.4 is 14.8 Å². The summed E-state index contributed by atoms with van der Waals surface area (Å²) in [6, 6.07) is 7.61. The second-order valence-corrected chi connectivity index (χ2v) is 6.40. The molecule has 1 amide bonds. The van der Waals surface area contributed by atoms with Gasteiger partial charge in [-0.3, -0.25) is 4.79 Å². The van der Waals surface area contributed by atoms with Crippen LogP contribution in [0.15, 0.2) is 28.7 Å². The Labute approximate surface area is 164 Å². The summed E-state index contributed by atoms with van der Waals surface area (Å²) in [5, 5.41) is 3.56. The first-order chi connectivity index (χ1) is 13.5. The van der Waals surface area contributed by atoms with Crippen LogP contribution in [0.4, 0.5) is 0 Å². The van der Waals surface area contributed by atoms with Crippen LogP contribution in [-0.2, 0) is 17.8 Å². The molecule has 1 N–H and O–H groups in total. The Hall–Kier alpha value is -3.09. The third-order valence-corrected chi connectivity index (χ3v) is 4.42. The molecule has 7 heteroatoms. The van der Waals surface area contributed by atoms with E-state index in [-0.39, 0.29) is 12.5 Å². The Morgan fingerprint density at radius 1 is 1.11 bits per heavy atom. The number of carbonyl (C=O) groups excluding carboxylic acids is 1. The SMILES string of the molecule is CCOc1ccc(CNC(=O)COc2nc(CC)nc3oc(C)c(C)c23)cc1. The molecule has 0 fully saturated rings. The first kappa shape index (κ1) is 19.7. The molecule has 2 heterocycles. The highest BCUT2D eigenvalue weighted by Crippen LogP contribution is 2.30. The number of ether oxygens (including phenoxy) is 2. The van der Waals surface area contributed by atoms with E-state index < -0.39 is 0 Å². The van der Waals surface area contributed by atoms with Gasteiger partial charge in [-0.25, -0.2) is 0 Å². The molecule has 0 saturated heterocycles. The maximum Gasteiger partial charge on any atom is 0.258 e. The van der Waals surface area contributed by atoms with Crippen LogP contribution in [0.5, 0.6) is 11.6 Å². The molecule has 1 aromatic carbocycles. The average molecular weight is 383 g/mol. The maximum atomic E-state index is 12.2. The van der Waals surface area contributed by atoms with Crippen LogP contribution in [0.1, 0.15) is 36.6 Å². The van der Waals surface area contributed by atoms with E-state index in [2.05, 4.69) is 15.3 Å². The van der Waals surface area contributed by atoms with E-state index >= 15 is 0 Å². The first-order valence-electron chi connectivity index (χ1n) is 9.39. The number of aromatic nitrogens is 2. The predicted octanol–water partition coefficient (Wildman–Crippen LogP) is 3.50. The van der Waals surface area contributed by atoms with Gasteiger partial charge in [-0.05, 0) is 38.5 Å². The molecular formula is C21H25N3O4. The van der Waals surface area contributed by atoms with Crippen LogP contribution >= 0.6 is 0 Å². The second kappa shape index (κ2) is 8.73. The summed E-state index contributed by atoms with van der Waals surface area (Å²) in [7, 11) is 0. The van der Waals surface area contributed by atoms with Gasteiger partial charge in [-0.15, -0.1) is 0 Å². The van der Waals surface area contributed by atoms with Gasteiger partial charge in [-0.1, -0.05) is 19.1 Å². The molecule has 0 spiro atoms. The van der Waals surface area contributed by atoms with Gasteiger partial charge in [0.25, 0.3) is 5.91 Å². The number of hydrogen-bond donors (Lipinski definition) is 1. The Morgan fingerprint density at radius 3 is 2.54 bits per heavy atom. The molecule has 0 aliphatic carbocycles. The molecule has 0 aliphatic rings. The van der Waals surface area contributed by atoms with E-state index in [1.807, 2.05) is 52.0 Å². The van der Waals surface area contributed by atoms with Crippen LogP contribution in [0, 0.1) is 13.8 Å². The molecule has 0 unspecified atom stereocenters. The van der Waals surface area contributed by atoms with Crippen molar-refractivity contribution in [2.24, 2.45) is 0 Å². The van der Waals surface area contributed by atoms with E-state index in [0.717, 1.165) is 22.6 Å². The van der Waals surface area contributed by atoms with Gasteiger partial charge in [0.15, 0.2) is 6.61 Å². The fourth-order valence-electron chi connectivity index (χ4n) is 2.77. The number of amides is 1. The highest BCUT2D eigenvalue weighted by atomic mass is 16.5. The van der Waals surface area contributed by atoms with Gasteiger partial charge in [0, 0.05) is 18.5 Å². The van der Waals surface area contributed by atoms with Crippen LogP contribution in [0.3, 0.4) is 0 Å².